The van der Waals surface area contributed by atoms with Gasteiger partial charge in [0, 0.05) is 6.54 Å². The average Bonchev–Trinajstić information content (AvgIpc) is 3.07. The molecule has 5 heteroatoms. The molecule has 0 radical (unpaired) electrons. The summed E-state index contributed by atoms with van der Waals surface area (Å²) in [7, 11) is 0. The molecule has 22 heavy (non-hydrogen) atoms. The summed E-state index contributed by atoms with van der Waals surface area (Å²) in [4.78, 5) is 12.0. The van der Waals surface area contributed by atoms with Crippen molar-refractivity contribution in [1.82, 2.24) is 5.32 Å². The molecular formula is C17H22N2O3. The van der Waals surface area contributed by atoms with Crippen molar-refractivity contribution in [2.45, 2.75) is 44.8 Å². The molecule has 1 aliphatic carbocycles. The third-order valence-electron chi connectivity index (χ3n) is 4.11. The van der Waals surface area contributed by atoms with E-state index >= 15 is 0 Å². The lowest BCUT2D eigenvalue weighted by molar-refractivity contribution is -0.127. The molecule has 0 aromatic heterocycles. The van der Waals surface area contributed by atoms with E-state index < -0.39 is 12.2 Å². The fourth-order valence-corrected chi connectivity index (χ4v) is 2.76. The number of para-hydroxylation sites is 1. The molecule has 2 unspecified atom stereocenters. The predicted octanol–water partition coefficient (Wildman–Crippen LogP) is 1.99. The van der Waals surface area contributed by atoms with Gasteiger partial charge in [0.2, 0.25) is 0 Å². The third kappa shape index (κ3) is 4.22. The van der Waals surface area contributed by atoms with Crippen molar-refractivity contribution >= 4 is 5.91 Å². The fourth-order valence-electron chi connectivity index (χ4n) is 2.76. The maximum atomic E-state index is 12.0. The number of hydrogen-bond acceptors (Lipinski definition) is 4. The van der Waals surface area contributed by atoms with Crippen LogP contribution in [0.1, 0.15) is 38.2 Å². The maximum Gasteiger partial charge on any atom is 0.260 e. The Labute approximate surface area is 130 Å². The molecule has 1 aliphatic rings. The quantitative estimate of drug-likeness (QED) is 0.842. The normalized spacial score (nSPS) is 17.5. The van der Waals surface area contributed by atoms with Gasteiger partial charge in [-0.05, 0) is 37.8 Å². The Kier molecular flexibility index (Phi) is 5.79. The zero-order valence-electron chi connectivity index (χ0n) is 12.8. The van der Waals surface area contributed by atoms with Crippen LogP contribution in [0.2, 0.25) is 0 Å². The first-order chi connectivity index (χ1) is 10.6. The average molecular weight is 302 g/mol. The molecule has 1 aromatic rings. The molecule has 2 rings (SSSR count). The minimum Gasteiger partial charge on any atom is -0.480 e. The molecule has 2 N–H and O–H groups in total. The highest BCUT2D eigenvalue weighted by Gasteiger charge is 2.24. The summed E-state index contributed by atoms with van der Waals surface area (Å²) in [6.45, 7) is 1.88. The van der Waals surface area contributed by atoms with Crippen LogP contribution in [0.15, 0.2) is 24.3 Å². The van der Waals surface area contributed by atoms with Gasteiger partial charge >= 0.3 is 0 Å². The lowest BCUT2D eigenvalue weighted by atomic mass is 10.0. The Morgan fingerprint density at radius 1 is 1.45 bits per heavy atom. The first-order valence-electron chi connectivity index (χ1n) is 7.73. The van der Waals surface area contributed by atoms with Crippen LogP contribution >= 0.6 is 0 Å². The van der Waals surface area contributed by atoms with Crippen molar-refractivity contribution < 1.29 is 14.6 Å². The SMILES string of the molecule is CC(Oc1ccccc1C#N)C(=O)NCC(O)C1CCCC1. The zero-order chi connectivity index (χ0) is 15.9. The summed E-state index contributed by atoms with van der Waals surface area (Å²) >= 11 is 0. The smallest absolute Gasteiger partial charge is 0.260 e. The minimum absolute atomic E-state index is 0.247. The first kappa shape index (κ1) is 16.3. The van der Waals surface area contributed by atoms with Crippen LogP contribution in [0.3, 0.4) is 0 Å². The van der Waals surface area contributed by atoms with Gasteiger partial charge in [0.25, 0.3) is 5.91 Å². The standard InChI is InChI=1S/C17H22N2O3/c1-12(22-16-9-5-4-8-14(16)10-18)17(21)19-11-15(20)13-6-2-3-7-13/h4-5,8-9,12-13,15,20H,2-3,6-7,11H2,1H3,(H,19,21). The number of aliphatic hydroxyl groups excluding tert-OH is 1. The Hall–Kier alpha value is -2.06. The van der Waals surface area contributed by atoms with Crippen LogP contribution in [0.5, 0.6) is 5.75 Å². The van der Waals surface area contributed by atoms with Gasteiger partial charge in [0.15, 0.2) is 6.10 Å². The Bertz CT molecular complexity index is 547. The topological polar surface area (TPSA) is 82.3 Å². The van der Waals surface area contributed by atoms with Crippen molar-refractivity contribution in [3.8, 4) is 11.8 Å². The molecule has 118 valence electrons. The van der Waals surface area contributed by atoms with Crippen LogP contribution in [0.25, 0.3) is 0 Å². The summed E-state index contributed by atoms with van der Waals surface area (Å²) in [5.74, 6) is 0.393. The number of carbonyl (C=O) groups is 1. The zero-order valence-corrected chi connectivity index (χ0v) is 12.8. The van der Waals surface area contributed by atoms with Gasteiger partial charge in [0.1, 0.15) is 11.8 Å². The number of rotatable bonds is 6. The number of hydrogen-bond donors (Lipinski definition) is 2. The second kappa shape index (κ2) is 7.81. The number of aliphatic hydroxyl groups is 1. The van der Waals surface area contributed by atoms with Crippen LogP contribution in [0.4, 0.5) is 0 Å². The molecule has 0 saturated heterocycles. The minimum atomic E-state index is -0.717. The number of amides is 1. The van der Waals surface area contributed by atoms with Crippen LogP contribution in [0, 0.1) is 17.2 Å². The van der Waals surface area contributed by atoms with Gasteiger partial charge in [0.05, 0.1) is 11.7 Å². The monoisotopic (exact) mass is 302 g/mol. The summed E-state index contributed by atoms with van der Waals surface area (Å²) in [6, 6.07) is 8.83. The summed E-state index contributed by atoms with van der Waals surface area (Å²) in [5.41, 5.74) is 0.396. The molecule has 5 nitrogen and oxygen atoms in total. The molecule has 0 aliphatic heterocycles. The number of benzene rings is 1. The molecule has 1 saturated carbocycles. The van der Waals surface area contributed by atoms with Crippen molar-refractivity contribution in [1.29, 1.82) is 5.26 Å². The van der Waals surface area contributed by atoms with Gasteiger partial charge in [-0.2, -0.15) is 5.26 Å². The van der Waals surface area contributed by atoms with Crippen LogP contribution < -0.4 is 10.1 Å². The number of carbonyl (C=O) groups excluding carboxylic acids is 1. The Morgan fingerprint density at radius 3 is 2.82 bits per heavy atom. The van der Waals surface area contributed by atoms with Crippen molar-refractivity contribution in [2.75, 3.05) is 6.54 Å². The Morgan fingerprint density at radius 2 is 2.14 bits per heavy atom. The predicted molar refractivity (Wildman–Crippen MR) is 82.2 cm³/mol. The molecule has 2 atom stereocenters. The molecule has 0 heterocycles. The molecule has 0 spiro atoms. The van der Waals surface area contributed by atoms with E-state index in [9.17, 15) is 9.90 Å². The fraction of sp³-hybridized carbons (Fsp3) is 0.529. The summed E-state index contributed by atoms with van der Waals surface area (Å²) in [6.07, 6.45) is 3.15. The number of nitrogens with one attached hydrogen (secondary N) is 1. The van der Waals surface area contributed by atoms with Gasteiger partial charge in [-0.15, -0.1) is 0 Å². The van der Waals surface area contributed by atoms with E-state index in [-0.39, 0.29) is 18.4 Å². The lowest BCUT2D eigenvalue weighted by Crippen LogP contribution is -2.42. The van der Waals surface area contributed by atoms with Gasteiger partial charge in [-0.25, -0.2) is 0 Å². The lowest BCUT2D eigenvalue weighted by Gasteiger charge is -2.20. The van der Waals surface area contributed by atoms with Crippen LogP contribution in [-0.2, 0) is 4.79 Å². The van der Waals surface area contributed by atoms with Crippen molar-refractivity contribution in [2.24, 2.45) is 5.92 Å². The van der Waals surface area contributed by atoms with E-state index in [1.807, 2.05) is 6.07 Å². The van der Waals surface area contributed by atoms with E-state index in [0.29, 0.717) is 11.3 Å². The number of ether oxygens (including phenoxy) is 1. The van der Waals surface area contributed by atoms with E-state index in [2.05, 4.69) is 5.32 Å². The van der Waals surface area contributed by atoms with Gasteiger partial charge in [-0.1, -0.05) is 25.0 Å². The van der Waals surface area contributed by atoms with Crippen LogP contribution in [-0.4, -0.2) is 29.8 Å². The molecule has 0 bridgehead atoms. The van der Waals surface area contributed by atoms with E-state index in [4.69, 9.17) is 10.00 Å². The molecule has 1 fully saturated rings. The van der Waals surface area contributed by atoms with E-state index in [1.54, 1.807) is 31.2 Å². The third-order valence-corrected chi connectivity index (χ3v) is 4.11. The van der Waals surface area contributed by atoms with Crippen molar-refractivity contribution in [3.63, 3.8) is 0 Å². The highest BCUT2D eigenvalue weighted by Crippen LogP contribution is 2.27. The Balaban J connectivity index is 1.83. The van der Waals surface area contributed by atoms with E-state index in [1.165, 1.54) is 0 Å². The molecule has 1 aromatic carbocycles. The number of nitrogens with zero attached hydrogens (tertiary/aromatic N) is 1. The maximum absolute atomic E-state index is 12.0. The number of nitriles is 1. The second-order valence-electron chi connectivity index (χ2n) is 5.73. The highest BCUT2D eigenvalue weighted by molar-refractivity contribution is 5.80. The molecule has 1 amide bonds. The first-order valence-corrected chi connectivity index (χ1v) is 7.73. The second-order valence-corrected chi connectivity index (χ2v) is 5.73. The highest BCUT2D eigenvalue weighted by atomic mass is 16.5. The summed E-state index contributed by atoms with van der Waals surface area (Å²) < 4.78 is 5.54. The molecular weight excluding hydrogens is 280 g/mol. The van der Waals surface area contributed by atoms with Gasteiger partial charge < -0.3 is 15.2 Å². The van der Waals surface area contributed by atoms with E-state index in [0.717, 1.165) is 25.7 Å². The van der Waals surface area contributed by atoms with Gasteiger partial charge in [-0.3, -0.25) is 4.79 Å². The largest absolute Gasteiger partial charge is 0.480 e. The summed E-state index contributed by atoms with van der Waals surface area (Å²) in [5, 5.41) is 21.8. The van der Waals surface area contributed by atoms with Crippen molar-refractivity contribution in [3.05, 3.63) is 29.8 Å².